The Bertz CT molecular complexity index is 719. The minimum Gasteiger partial charge on any atom is -0.462 e. The minimum atomic E-state index is -1.98. The van der Waals surface area contributed by atoms with Crippen LogP contribution in [0, 0.1) is 5.41 Å². The van der Waals surface area contributed by atoms with E-state index in [1.165, 1.54) is 5.56 Å². The molecular weight excluding hydrogens is 376 g/mol. The fourth-order valence-electron chi connectivity index (χ4n) is 4.98. The molecule has 162 valence electrons. The Labute approximate surface area is 179 Å². The van der Waals surface area contributed by atoms with Crippen molar-refractivity contribution in [3.05, 3.63) is 41.0 Å². The number of benzene rings is 1. The third-order valence-electron chi connectivity index (χ3n) is 6.42. The first-order chi connectivity index (χ1) is 13.4. The van der Waals surface area contributed by atoms with Crippen LogP contribution in [0.5, 0.6) is 0 Å². The summed E-state index contributed by atoms with van der Waals surface area (Å²) in [5.41, 5.74) is 4.36. The van der Waals surface area contributed by atoms with Gasteiger partial charge in [-0.15, -0.1) is 0 Å². The second-order valence-corrected chi connectivity index (χ2v) is 15.8. The van der Waals surface area contributed by atoms with Crippen LogP contribution in [0.3, 0.4) is 0 Å². The van der Waals surface area contributed by atoms with E-state index < -0.39 is 8.32 Å². The van der Waals surface area contributed by atoms with Gasteiger partial charge in [0.2, 0.25) is 0 Å². The molecule has 1 heterocycles. The lowest BCUT2D eigenvalue weighted by molar-refractivity contribution is -0.140. The van der Waals surface area contributed by atoms with Crippen LogP contribution >= 0.6 is 0 Å². The standard InChI is InChI=1S/C25H40O3Si/c1-17(2)29(18(3)4,19(5)6)28-16-21-15-27-24(26)23(25(7,8)9)14-20-12-10-11-13-22(20)21/h10-14,17-19,21H,15-16H2,1-9H3/b23-14+. The summed E-state index contributed by atoms with van der Waals surface area (Å²) in [5, 5.41) is 0. The number of ether oxygens (including phenoxy) is 1. The number of carbonyl (C=O) groups excluding carboxylic acids is 1. The van der Waals surface area contributed by atoms with E-state index in [0.717, 1.165) is 11.1 Å². The Morgan fingerprint density at radius 1 is 1.03 bits per heavy atom. The monoisotopic (exact) mass is 416 g/mol. The van der Waals surface area contributed by atoms with Crippen molar-refractivity contribution in [2.45, 2.75) is 84.9 Å². The quantitative estimate of drug-likeness (QED) is 0.372. The molecule has 1 aliphatic rings. The highest BCUT2D eigenvalue weighted by Crippen LogP contribution is 2.43. The smallest absolute Gasteiger partial charge is 0.334 e. The molecule has 2 rings (SSSR count). The summed E-state index contributed by atoms with van der Waals surface area (Å²) in [5.74, 6) is -0.159. The average Bonchev–Trinajstić information content (AvgIpc) is 2.59. The fraction of sp³-hybridized carbons (Fsp3) is 0.640. The van der Waals surface area contributed by atoms with Crippen LogP contribution < -0.4 is 0 Å². The van der Waals surface area contributed by atoms with E-state index >= 15 is 0 Å². The summed E-state index contributed by atoms with van der Waals surface area (Å²) in [4.78, 5) is 12.8. The van der Waals surface area contributed by atoms with Gasteiger partial charge >= 0.3 is 5.97 Å². The van der Waals surface area contributed by atoms with Gasteiger partial charge in [-0.1, -0.05) is 86.6 Å². The maximum Gasteiger partial charge on any atom is 0.334 e. The zero-order chi connectivity index (χ0) is 22.0. The summed E-state index contributed by atoms with van der Waals surface area (Å²) in [6.45, 7) is 20.9. The molecule has 0 N–H and O–H groups in total. The third kappa shape index (κ3) is 5.03. The minimum absolute atomic E-state index is 0.0519. The van der Waals surface area contributed by atoms with Crippen LogP contribution in [0.1, 0.15) is 79.4 Å². The predicted molar refractivity (Wildman–Crippen MR) is 125 cm³/mol. The molecule has 0 spiro atoms. The third-order valence-corrected chi connectivity index (χ3v) is 12.5. The molecule has 0 saturated carbocycles. The second kappa shape index (κ2) is 9.17. The normalized spacial score (nSPS) is 20.2. The molecular formula is C25H40O3Si. The number of cyclic esters (lactones) is 1. The van der Waals surface area contributed by atoms with E-state index in [9.17, 15) is 4.79 Å². The van der Waals surface area contributed by atoms with Gasteiger partial charge in [-0.2, -0.15) is 0 Å². The Balaban J connectivity index is 2.42. The van der Waals surface area contributed by atoms with E-state index in [1.807, 2.05) is 12.1 Å². The van der Waals surface area contributed by atoms with E-state index in [0.29, 0.717) is 29.8 Å². The first-order valence-electron chi connectivity index (χ1n) is 11.0. The second-order valence-electron chi connectivity index (χ2n) is 10.4. The molecule has 0 saturated heterocycles. The molecule has 0 radical (unpaired) electrons. The first kappa shape index (κ1) is 23.9. The van der Waals surface area contributed by atoms with E-state index in [2.05, 4.69) is 80.5 Å². The number of hydrogen-bond acceptors (Lipinski definition) is 3. The molecule has 1 atom stereocenters. The number of fused-ring (bicyclic) bond motifs is 1. The largest absolute Gasteiger partial charge is 0.462 e. The van der Waals surface area contributed by atoms with Crippen molar-refractivity contribution in [1.29, 1.82) is 0 Å². The molecule has 0 amide bonds. The zero-order valence-electron chi connectivity index (χ0n) is 19.8. The van der Waals surface area contributed by atoms with Gasteiger partial charge in [0.1, 0.15) is 6.61 Å². The summed E-state index contributed by atoms with van der Waals surface area (Å²) >= 11 is 0. The molecule has 1 aromatic rings. The number of carbonyl (C=O) groups is 1. The van der Waals surface area contributed by atoms with Crippen molar-refractivity contribution >= 4 is 20.4 Å². The van der Waals surface area contributed by atoms with Crippen LogP contribution in [0.4, 0.5) is 0 Å². The van der Waals surface area contributed by atoms with Crippen molar-refractivity contribution in [3.8, 4) is 0 Å². The van der Waals surface area contributed by atoms with Gasteiger partial charge in [-0.3, -0.25) is 0 Å². The molecule has 0 aliphatic carbocycles. The molecule has 3 nitrogen and oxygen atoms in total. The summed E-state index contributed by atoms with van der Waals surface area (Å²) < 4.78 is 12.6. The molecule has 4 heteroatoms. The van der Waals surface area contributed by atoms with Gasteiger partial charge in [-0.05, 0) is 39.2 Å². The maximum absolute atomic E-state index is 12.8. The lowest BCUT2D eigenvalue weighted by Crippen LogP contribution is -2.48. The van der Waals surface area contributed by atoms with Crippen LogP contribution in [0.2, 0.25) is 16.6 Å². The van der Waals surface area contributed by atoms with Gasteiger partial charge in [0, 0.05) is 18.1 Å². The lowest BCUT2D eigenvalue weighted by Gasteiger charge is -2.43. The average molecular weight is 417 g/mol. The lowest BCUT2D eigenvalue weighted by atomic mass is 9.83. The Morgan fingerprint density at radius 3 is 2.10 bits per heavy atom. The molecule has 0 fully saturated rings. The summed E-state index contributed by atoms with van der Waals surface area (Å²) in [7, 11) is -1.98. The van der Waals surface area contributed by atoms with Gasteiger partial charge in [0.15, 0.2) is 8.32 Å². The summed E-state index contributed by atoms with van der Waals surface area (Å²) in [6.07, 6.45) is 2.02. The number of rotatable bonds is 6. The van der Waals surface area contributed by atoms with Gasteiger partial charge < -0.3 is 9.16 Å². The molecule has 29 heavy (non-hydrogen) atoms. The molecule has 1 aromatic carbocycles. The van der Waals surface area contributed by atoms with E-state index in [-0.39, 0.29) is 17.3 Å². The fourth-order valence-corrected chi connectivity index (χ4v) is 10.5. The van der Waals surface area contributed by atoms with Crippen molar-refractivity contribution in [2.24, 2.45) is 5.41 Å². The van der Waals surface area contributed by atoms with Crippen LogP contribution in [-0.2, 0) is 14.0 Å². The van der Waals surface area contributed by atoms with Gasteiger partial charge in [0.05, 0.1) is 0 Å². The number of esters is 1. The highest BCUT2D eigenvalue weighted by Gasteiger charge is 2.45. The Kier molecular flexibility index (Phi) is 7.56. The van der Waals surface area contributed by atoms with E-state index in [4.69, 9.17) is 9.16 Å². The van der Waals surface area contributed by atoms with E-state index in [1.54, 1.807) is 0 Å². The summed E-state index contributed by atoms with van der Waals surface area (Å²) in [6, 6.07) is 8.36. The molecule has 1 aliphatic heterocycles. The Morgan fingerprint density at radius 2 is 1.59 bits per heavy atom. The first-order valence-corrected chi connectivity index (χ1v) is 13.2. The number of hydrogen-bond donors (Lipinski definition) is 0. The topological polar surface area (TPSA) is 35.5 Å². The predicted octanol–water partition coefficient (Wildman–Crippen LogP) is 6.95. The van der Waals surface area contributed by atoms with Crippen LogP contribution in [0.25, 0.3) is 6.08 Å². The van der Waals surface area contributed by atoms with Crippen molar-refractivity contribution in [3.63, 3.8) is 0 Å². The highest BCUT2D eigenvalue weighted by atomic mass is 28.4. The van der Waals surface area contributed by atoms with Crippen molar-refractivity contribution in [1.82, 2.24) is 0 Å². The molecule has 1 unspecified atom stereocenters. The zero-order valence-corrected chi connectivity index (χ0v) is 20.8. The molecule has 0 bridgehead atoms. The maximum atomic E-state index is 12.8. The Hall–Kier alpha value is -1.39. The SMILES string of the molecule is CC(C)[Si](OCC1COC(=O)/C(C(C)(C)C)=C\c2ccccc21)(C(C)C)C(C)C. The van der Waals surface area contributed by atoms with Crippen LogP contribution in [0.15, 0.2) is 29.8 Å². The van der Waals surface area contributed by atoms with Crippen molar-refractivity contribution in [2.75, 3.05) is 13.2 Å². The molecule has 0 aromatic heterocycles. The van der Waals surface area contributed by atoms with Crippen LogP contribution in [-0.4, -0.2) is 27.5 Å². The highest BCUT2D eigenvalue weighted by molar-refractivity contribution is 6.77. The van der Waals surface area contributed by atoms with Crippen molar-refractivity contribution < 1.29 is 14.0 Å². The van der Waals surface area contributed by atoms with Gasteiger partial charge in [0.25, 0.3) is 0 Å². The van der Waals surface area contributed by atoms with Gasteiger partial charge in [-0.25, -0.2) is 4.79 Å².